The Morgan fingerprint density at radius 3 is 2.46 bits per heavy atom. The molecular formula is C19H22ClN3O. The fourth-order valence-electron chi connectivity index (χ4n) is 2.87. The summed E-state index contributed by atoms with van der Waals surface area (Å²) in [7, 11) is 0. The summed E-state index contributed by atoms with van der Waals surface area (Å²) in [6.45, 7) is 7.13. The van der Waals surface area contributed by atoms with Crippen LogP contribution in [0.5, 0.6) is 0 Å². The second-order valence-electron chi connectivity index (χ2n) is 6.21. The molecule has 1 saturated heterocycles. The largest absolute Gasteiger partial charge is 0.368 e. The zero-order valence-electron chi connectivity index (χ0n) is 14.1. The second-order valence-corrected chi connectivity index (χ2v) is 6.61. The Balaban J connectivity index is 1.58. The van der Waals surface area contributed by atoms with Gasteiger partial charge in [0.15, 0.2) is 0 Å². The Morgan fingerprint density at radius 1 is 1.04 bits per heavy atom. The van der Waals surface area contributed by atoms with Crippen LogP contribution >= 0.6 is 11.6 Å². The third-order valence-electron chi connectivity index (χ3n) is 4.36. The number of hydrogen-bond donors (Lipinski definition) is 1. The molecule has 0 bridgehead atoms. The maximum absolute atomic E-state index is 12.4. The fraction of sp³-hybridized carbons (Fsp3) is 0.316. The lowest BCUT2D eigenvalue weighted by Crippen LogP contribution is -2.50. The van der Waals surface area contributed by atoms with E-state index in [0.717, 1.165) is 24.3 Å². The van der Waals surface area contributed by atoms with Gasteiger partial charge in [0.05, 0.1) is 0 Å². The van der Waals surface area contributed by atoms with Crippen LogP contribution < -0.4 is 10.2 Å². The molecule has 4 nitrogen and oxygen atoms in total. The van der Waals surface area contributed by atoms with Crippen LogP contribution in [0.15, 0.2) is 42.5 Å². The predicted octanol–water partition coefficient (Wildman–Crippen LogP) is 4.31. The molecule has 0 atom stereocenters. The van der Waals surface area contributed by atoms with Crippen LogP contribution in [0.2, 0.25) is 5.02 Å². The average Bonchev–Trinajstić information content (AvgIpc) is 2.58. The summed E-state index contributed by atoms with van der Waals surface area (Å²) >= 11 is 6.11. The Hall–Kier alpha value is -2.20. The zero-order valence-corrected chi connectivity index (χ0v) is 14.8. The van der Waals surface area contributed by atoms with E-state index >= 15 is 0 Å². The van der Waals surface area contributed by atoms with Gasteiger partial charge in [0.1, 0.15) is 0 Å². The van der Waals surface area contributed by atoms with Crippen LogP contribution in [-0.2, 0) is 0 Å². The number of piperazine rings is 1. The number of nitrogens with zero attached hydrogens (tertiary/aromatic N) is 2. The van der Waals surface area contributed by atoms with E-state index in [2.05, 4.69) is 41.4 Å². The number of urea groups is 1. The predicted molar refractivity (Wildman–Crippen MR) is 100 cm³/mol. The van der Waals surface area contributed by atoms with Gasteiger partial charge in [-0.05, 0) is 49.2 Å². The van der Waals surface area contributed by atoms with Crippen molar-refractivity contribution < 1.29 is 4.79 Å². The van der Waals surface area contributed by atoms with E-state index < -0.39 is 0 Å². The summed E-state index contributed by atoms with van der Waals surface area (Å²) in [6.07, 6.45) is 0. The summed E-state index contributed by atoms with van der Waals surface area (Å²) in [6, 6.07) is 14.0. The lowest BCUT2D eigenvalue weighted by atomic mass is 10.2. The Morgan fingerprint density at radius 2 is 1.79 bits per heavy atom. The third kappa shape index (κ3) is 3.82. The lowest BCUT2D eigenvalue weighted by Gasteiger charge is -2.36. The molecule has 24 heavy (non-hydrogen) atoms. The van der Waals surface area contributed by atoms with E-state index in [1.54, 1.807) is 6.07 Å². The number of carbonyl (C=O) groups excluding carboxylic acids is 1. The summed E-state index contributed by atoms with van der Waals surface area (Å²) in [4.78, 5) is 16.6. The van der Waals surface area contributed by atoms with Crippen LogP contribution in [0.25, 0.3) is 0 Å². The van der Waals surface area contributed by atoms with Gasteiger partial charge >= 0.3 is 6.03 Å². The van der Waals surface area contributed by atoms with Crippen molar-refractivity contribution in [2.45, 2.75) is 13.8 Å². The van der Waals surface area contributed by atoms with Crippen molar-refractivity contribution in [3.05, 3.63) is 58.6 Å². The Labute approximate surface area is 148 Å². The highest BCUT2D eigenvalue weighted by Crippen LogP contribution is 2.21. The lowest BCUT2D eigenvalue weighted by molar-refractivity contribution is 0.208. The molecule has 0 aromatic heterocycles. The Kier molecular flexibility index (Phi) is 4.95. The zero-order chi connectivity index (χ0) is 17.1. The van der Waals surface area contributed by atoms with Gasteiger partial charge in [-0.2, -0.15) is 0 Å². The number of hydrogen-bond acceptors (Lipinski definition) is 2. The van der Waals surface area contributed by atoms with Crippen LogP contribution in [0.4, 0.5) is 16.2 Å². The number of halogens is 1. The molecule has 0 saturated carbocycles. The van der Waals surface area contributed by atoms with E-state index in [9.17, 15) is 4.79 Å². The number of amides is 2. The number of benzene rings is 2. The SMILES string of the molecule is Cc1cccc(N2CCN(C(=O)Nc3ccc(C)c(Cl)c3)CC2)c1. The highest BCUT2D eigenvalue weighted by molar-refractivity contribution is 6.31. The molecule has 0 aliphatic carbocycles. The first-order valence-corrected chi connectivity index (χ1v) is 8.54. The number of rotatable bonds is 2. The highest BCUT2D eigenvalue weighted by atomic mass is 35.5. The maximum Gasteiger partial charge on any atom is 0.321 e. The quantitative estimate of drug-likeness (QED) is 0.881. The molecule has 1 aliphatic rings. The molecule has 5 heteroatoms. The van der Waals surface area contributed by atoms with Crippen LogP contribution in [0.3, 0.4) is 0 Å². The number of aryl methyl sites for hydroxylation is 2. The molecular weight excluding hydrogens is 322 g/mol. The molecule has 1 N–H and O–H groups in total. The van der Waals surface area contributed by atoms with Crippen LogP contribution in [0.1, 0.15) is 11.1 Å². The number of nitrogens with one attached hydrogen (secondary N) is 1. The van der Waals surface area contributed by atoms with Gasteiger partial charge in [-0.15, -0.1) is 0 Å². The van der Waals surface area contributed by atoms with Gasteiger partial charge in [-0.1, -0.05) is 29.8 Å². The topological polar surface area (TPSA) is 35.6 Å². The van der Waals surface area contributed by atoms with E-state index in [1.165, 1.54) is 11.3 Å². The average molecular weight is 344 g/mol. The molecule has 0 spiro atoms. The molecule has 0 unspecified atom stereocenters. The minimum Gasteiger partial charge on any atom is -0.368 e. The molecule has 2 aromatic rings. The molecule has 0 radical (unpaired) electrons. The highest BCUT2D eigenvalue weighted by Gasteiger charge is 2.21. The fourth-order valence-corrected chi connectivity index (χ4v) is 3.05. The summed E-state index contributed by atoms with van der Waals surface area (Å²) < 4.78 is 0. The number of carbonyl (C=O) groups is 1. The Bertz CT molecular complexity index is 739. The maximum atomic E-state index is 12.4. The summed E-state index contributed by atoms with van der Waals surface area (Å²) in [5.41, 5.74) is 4.21. The van der Waals surface area contributed by atoms with E-state index in [-0.39, 0.29) is 6.03 Å². The monoisotopic (exact) mass is 343 g/mol. The van der Waals surface area contributed by atoms with E-state index in [4.69, 9.17) is 11.6 Å². The van der Waals surface area contributed by atoms with Crippen molar-refractivity contribution in [2.24, 2.45) is 0 Å². The first-order chi connectivity index (χ1) is 11.5. The second kappa shape index (κ2) is 7.14. The minimum atomic E-state index is -0.0705. The van der Waals surface area contributed by atoms with E-state index in [1.807, 2.05) is 24.0 Å². The summed E-state index contributed by atoms with van der Waals surface area (Å²) in [5.74, 6) is 0. The molecule has 1 aliphatic heterocycles. The summed E-state index contributed by atoms with van der Waals surface area (Å²) in [5, 5.41) is 3.59. The van der Waals surface area contributed by atoms with Gasteiger partial charge in [0.25, 0.3) is 0 Å². The minimum absolute atomic E-state index is 0.0705. The first kappa shape index (κ1) is 16.7. The van der Waals surface area contributed by atoms with Crippen molar-refractivity contribution in [3.8, 4) is 0 Å². The van der Waals surface area contributed by atoms with Gasteiger partial charge in [0, 0.05) is 42.6 Å². The molecule has 1 heterocycles. The van der Waals surface area contributed by atoms with Crippen molar-refractivity contribution in [2.75, 3.05) is 36.4 Å². The van der Waals surface area contributed by atoms with Gasteiger partial charge in [0.2, 0.25) is 0 Å². The van der Waals surface area contributed by atoms with Gasteiger partial charge in [-0.3, -0.25) is 0 Å². The van der Waals surface area contributed by atoms with Gasteiger partial charge < -0.3 is 15.1 Å². The third-order valence-corrected chi connectivity index (χ3v) is 4.76. The van der Waals surface area contributed by atoms with Crippen molar-refractivity contribution in [1.29, 1.82) is 0 Å². The smallest absolute Gasteiger partial charge is 0.321 e. The molecule has 126 valence electrons. The molecule has 1 fully saturated rings. The van der Waals surface area contributed by atoms with Crippen LogP contribution in [-0.4, -0.2) is 37.1 Å². The van der Waals surface area contributed by atoms with Crippen LogP contribution in [0, 0.1) is 13.8 Å². The molecule has 2 aromatic carbocycles. The van der Waals surface area contributed by atoms with Crippen molar-refractivity contribution in [3.63, 3.8) is 0 Å². The standard InChI is InChI=1S/C19H22ClN3O/c1-14-4-3-5-17(12-14)22-8-10-23(11-9-22)19(24)21-16-7-6-15(2)18(20)13-16/h3-7,12-13H,8-11H2,1-2H3,(H,21,24). The first-order valence-electron chi connectivity index (χ1n) is 8.16. The number of anilines is 2. The van der Waals surface area contributed by atoms with Crippen molar-refractivity contribution in [1.82, 2.24) is 4.90 Å². The molecule has 2 amide bonds. The van der Waals surface area contributed by atoms with Gasteiger partial charge in [-0.25, -0.2) is 4.79 Å². The van der Waals surface area contributed by atoms with Crippen molar-refractivity contribution >= 4 is 29.0 Å². The van der Waals surface area contributed by atoms with E-state index in [0.29, 0.717) is 18.1 Å². The normalized spacial score (nSPS) is 14.6. The molecule has 3 rings (SSSR count).